The van der Waals surface area contributed by atoms with Crippen LogP contribution >= 0.6 is 0 Å². The summed E-state index contributed by atoms with van der Waals surface area (Å²) in [4.78, 5) is 11.2. The maximum absolute atomic E-state index is 11.2. The fourth-order valence-corrected chi connectivity index (χ4v) is 2.08. The van der Waals surface area contributed by atoms with Gasteiger partial charge in [-0.25, -0.2) is 0 Å². The summed E-state index contributed by atoms with van der Waals surface area (Å²) < 4.78 is 41.8. The molecule has 0 aromatic heterocycles. The first kappa shape index (κ1) is 20.7. The summed E-state index contributed by atoms with van der Waals surface area (Å²) in [6, 6.07) is 7.29. The molecule has 136 valence electrons. The van der Waals surface area contributed by atoms with Crippen molar-refractivity contribution in [3.05, 3.63) is 35.4 Å². The number of hydrogen-bond acceptors (Lipinski definition) is 7. The van der Waals surface area contributed by atoms with E-state index in [1.54, 1.807) is 12.1 Å². The summed E-state index contributed by atoms with van der Waals surface area (Å²) in [6.45, 7) is 3.84. The second-order valence-corrected chi connectivity index (χ2v) is 6.70. The van der Waals surface area contributed by atoms with E-state index in [1.807, 2.05) is 12.1 Å². The van der Waals surface area contributed by atoms with Gasteiger partial charge in [0.25, 0.3) is 10.1 Å². The number of benzene rings is 1. The lowest BCUT2D eigenvalue weighted by molar-refractivity contribution is 0.00632. The molecule has 0 heterocycles. The average Bonchev–Trinajstić information content (AvgIpc) is 2.52. The zero-order valence-corrected chi connectivity index (χ0v) is 14.8. The lowest BCUT2D eigenvalue weighted by Crippen LogP contribution is -2.13. The molecule has 0 fully saturated rings. The SMILES string of the molecule is CC(=O)c1ccc(COCCOCCOCCOS(C)(=O)=O)cc1. The highest BCUT2D eigenvalue weighted by atomic mass is 32.2. The van der Waals surface area contributed by atoms with E-state index >= 15 is 0 Å². The van der Waals surface area contributed by atoms with Gasteiger partial charge in [0.05, 0.1) is 52.5 Å². The van der Waals surface area contributed by atoms with Crippen molar-refractivity contribution in [3.8, 4) is 0 Å². The highest BCUT2D eigenvalue weighted by Gasteiger charge is 2.01. The second-order valence-electron chi connectivity index (χ2n) is 5.06. The van der Waals surface area contributed by atoms with E-state index in [-0.39, 0.29) is 19.0 Å². The molecule has 7 nitrogen and oxygen atoms in total. The maximum Gasteiger partial charge on any atom is 0.264 e. The first-order valence-electron chi connectivity index (χ1n) is 7.56. The molecule has 0 N–H and O–H groups in total. The fraction of sp³-hybridized carbons (Fsp3) is 0.562. The minimum Gasteiger partial charge on any atom is -0.377 e. The normalized spacial score (nSPS) is 11.6. The summed E-state index contributed by atoms with van der Waals surface area (Å²) in [5, 5.41) is 0. The number of ether oxygens (including phenoxy) is 3. The molecule has 0 amide bonds. The van der Waals surface area contributed by atoms with Gasteiger partial charge in [0, 0.05) is 5.56 Å². The van der Waals surface area contributed by atoms with Gasteiger partial charge in [-0.05, 0) is 12.5 Å². The van der Waals surface area contributed by atoms with Gasteiger partial charge in [-0.3, -0.25) is 8.98 Å². The Morgan fingerprint density at radius 3 is 1.88 bits per heavy atom. The van der Waals surface area contributed by atoms with Gasteiger partial charge < -0.3 is 14.2 Å². The quantitative estimate of drug-likeness (QED) is 0.298. The summed E-state index contributed by atoms with van der Waals surface area (Å²) in [7, 11) is -3.41. The number of Topliss-reactive ketones (excluding diaryl/α,β-unsaturated/α-hetero) is 1. The molecular weight excluding hydrogens is 336 g/mol. The number of carbonyl (C=O) groups is 1. The van der Waals surface area contributed by atoms with Crippen LogP contribution in [0.5, 0.6) is 0 Å². The molecule has 0 unspecified atom stereocenters. The topological polar surface area (TPSA) is 88.1 Å². The summed E-state index contributed by atoms with van der Waals surface area (Å²) in [5.41, 5.74) is 1.68. The van der Waals surface area contributed by atoms with Crippen molar-refractivity contribution in [1.29, 1.82) is 0 Å². The number of hydrogen-bond donors (Lipinski definition) is 0. The van der Waals surface area contributed by atoms with E-state index in [4.69, 9.17) is 14.2 Å². The fourth-order valence-electron chi connectivity index (χ4n) is 1.71. The Hall–Kier alpha value is -1.32. The maximum atomic E-state index is 11.2. The Kier molecular flexibility index (Phi) is 9.73. The van der Waals surface area contributed by atoms with Crippen molar-refractivity contribution in [2.24, 2.45) is 0 Å². The third-order valence-corrected chi connectivity index (χ3v) is 3.49. The molecular formula is C16H24O7S. The van der Waals surface area contributed by atoms with E-state index in [1.165, 1.54) is 6.92 Å². The lowest BCUT2D eigenvalue weighted by Gasteiger charge is -2.07. The van der Waals surface area contributed by atoms with Crippen LogP contribution in [0.3, 0.4) is 0 Å². The van der Waals surface area contributed by atoms with Crippen molar-refractivity contribution in [2.45, 2.75) is 13.5 Å². The van der Waals surface area contributed by atoms with Crippen LogP contribution in [0.15, 0.2) is 24.3 Å². The van der Waals surface area contributed by atoms with Crippen LogP contribution in [0, 0.1) is 0 Å². The van der Waals surface area contributed by atoms with Gasteiger partial charge in [0.15, 0.2) is 5.78 Å². The molecule has 0 aliphatic heterocycles. The van der Waals surface area contributed by atoms with Crippen molar-refractivity contribution >= 4 is 15.9 Å². The molecule has 0 saturated carbocycles. The van der Waals surface area contributed by atoms with Crippen molar-refractivity contribution in [1.82, 2.24) is 0 Å². The minimum absolute atomic E-state index is 0.00433. The van der Waals surface area contributed by atoms with Gasteiger partial charge in [-0.15, -0.1) is 0 Å². The molecule has 1 aromatic rings. The zero-order valence-electron chi connectivity index (χ0n) is 14.0. The Morgan fingerprint density at radius 1 is 0.875 bits per heavy atom. The molecule has 8 heteroatoms. The Morgan fingerprint density at radius 2 is 1.38 bits per heavy atom. The van der Waals surface area contributed by atoms with E-state index in [9.17, 15) is 13.2 Å². The molecule has 0 saturated heterocycles. The molecule has 1 rings (SSSR count). The van der Waals surface area contributed by atoms with Crippen LogP contribution < -0.4 is 0 Å². The molecule has 0 radical (unpaired) electrons. The zero-order chi connectivity index (χ0) is 17.8. The van der Waals surface area contributed by atoms with Crippen LogP contribution in [-0.2, 0) is 35.1 Å². The molecule has 0 aliphatic carbocycles. The predicted molar refractivity (Wildman–Crippen MR) is 88.5 cm³/mol. The first-order chi connectivity index (χ1) is 11.4. The van der Waals surface area contributed by atoms with Gasteiger partial charge in [0.1, 0.15) is 0 Å². The van der Waals surface area contributed by atoms with Crippen LogP contribution in [0.1, 0.15) is 22.8 Å². The van der Waals surface area contributed by atoms with Crippen molar-refractivity contribution in [3.63, 3.8) is 0 Å². The third-order valence-electron chi connectivity index (χ3n) is 2.90. The van der Waals surface area contributed by atoms with Gasteiger partial charge in [-0.1, -0.05) is 24.3 Å². The van der Waals surface area contributed by atoms with Crippen LogP contribution in [-0.4, -0.2) is 60.1 Å². The third kappa shape index (κ3) is 10.5. The standard InChI is InChI=1S/C16H24O7S/c1-14(17)16-5-3-15(4-6-16)13-22-10-9-20-7-8-21-11-12-23-24(2,18)19/h3-6H,7-13H2,1-2H3. The first-order valence-corrected chi connectivity index (χ1v) is 9.37. The van der Waals surface area contributed by atoms with E-state index < -0.39 is 10.1 Å². The van der Waals surface area contributed by atoms with Crippen LogP contribution in [0.2, 0.25) is 0 Å². The second kappa shape index (κ2) is 11.3. The summed E-state index contributed by atoms with van der Waals surface area (Å²) in [6.07, 6.45) is 0.994. The molecule has 0 spiro atoms. The van der Waals surface area contributed by atoms with Gasteiger partial charge in [0.2, 0.25) is 0 Å². The van der Waals surface area contributed by atoms with E-state index in [2.05, 4.69) is 4.18 Å². The van der Waals surface area contributed by atoms with Crippen molar-refractivity contribution in [2.75, 3.05) is 45.9 Å². The highest BCUT2D eigenvalue weighted by molar-refractivity contribution is 7.85. The largest absolute Gasteiger partial charge is 0.377 e. The van der Waals surface area contributed by atoms with Crippen LogP contribution in [0.4, 0.5) is 0 Å². The number of ketones is 1. The molecule has 0 bridgehead atoms. The molecule has 0 atom stereocenters. The summed E-state index contributed by atoms with van der Waals surface area (Å²) in [5.74, 6) is 0.0426. The smallest absolute Gasteiger partial charge is 0.264 e. The lowest BCUT2D eigenvalue weighted by atomic mass is 10.1. The number of carbonyl (C=O) groups excluding carboxylic acids is 1. The minimum atomic E-state index is -3.41. The van der Waals surface area contributed by atoms with Crippen molar-refractivity contribution < 1.29 is 31.6 Å². The predicted octanol–water partition coefficient (Wildman–Crippen LogP) is 1.42. The highest BCUT2D eigenvalue weighted by Crippen LogP contribution is 2.06. The molecule has 24 heavy (non-hydrogen) atoms. The van der Waals surface area contributed by atoms with E-state index in [0.29, 0.717) is 38.6 Å². The Labute approximate surface area is 143 Å². The van der Waals surface area contributed by atoms with Gasteiger partial charge >= 0.3 is 0 Å². The van der Waals surface area contributed by atoms with E-state index in [0.717, 1.165) is 11.8 Å². The average molecular weight is 360 g/mol. The van der Waals surface area contributed by atoms with Crippen LogP contribution in [0.25, 0.3) is 0 Å². The Balaban J connectivity index is 1.94. The molecule has 0 aliphatic rings. The Bertz CT molecular complexity index is 581. The van der Waals surface area contributed by atoms with Gasteiger partial charge in [-0.2, -0.15) is 8.42 Å². The number of rotatable bonds is 13. The monoisotopic (exact) mass is 360 g/mol. The summed E-state index contributed by atoms with van der Waals surface area (Å²) >= 11 is 0. The molecule has 1 aromatic carbocycles.